The zero-order chi connectivity index (χ0) is 13.2. The van der Waals surface area contributed by atoms with Gasteiger partial charge in [0, 0.05) is 25.0 Å². The third-order valence-corrected chi connectivity index (χ3v) is 3.77. The molecule has 1 N–H and O–H groups in total. The number of imidazole rings is 1. The van der Waals surface area contributed by atoms with E-state index in [0.717, 1.165) is 34.2 Å². The SMILES string of the molecule is CCc1nsc(NCc2nc3ccccc3n2C)n1. The first-order chi connectivity index (χ1) is 9.28. The molecule has 0 bridgehead atoms. The normalized spacial score (nSPS) is 11.1. The lowest BCUT2D eigenvalue weighted by Crippen LogP contribution is -2.05. The fraction of sp³-hybridized carbons (Fsp3) is 0.308. The first-order valence-corrected chi connectivity index (χ1v) is 7.02. The Hall–Kier alpha value is -1.95. The molecule has 0 saturated heterocycles. The molecule has 19 heavy (non-hydrogen) atoms. The second-order valence-electron chi connectivity index (χ2n) is 4.30. The van der Waals surface area contributed by atoms with Crippen molar-refractivity contribution < 1.29 is 0 Å². The Morgan fingerprint density at radius 1 is 1.26 bits per heavy atom. The van der Waals surface area contributed by atoms with E-state index in [1.165, 1.54) is 11.5 Å². The highest BCUT2D eigenvalue weighted by Gasteiger charge is 2.08. The van der Waals surface area contributed by atoms with Crippen molar-refractivity contribution in [3.8, 4) is 0 Å². The van der Waals surface area contributed by atoms with Crippen molar-refractivity contribution in [1.29, 1.82) is 0 Å². The molecule has 0 aliphatic heterocycles. The molecular weight excluding hydrogens is 258 g/mol. The van der Waals surface area contributed by atoms with E-state index in [1.807, 2.05) is 25.2 Å². The fourth-order valence-corrected chi connectivity index (χ4v) is 2.62. The van der Waals surface area contributed by atoms with Crippen LogP contribution in [0.1, 0.15) is 18.6 Å². The number of rotatable bonds is 4. The van der Waals surface area contributed by atoms with E-state index in [4.69, 9.17) is 0 Å². The molecule has 0 aliphatic carbocycles. The van der Waals surface area contributed by atoms with Crippen LogP contribution in [0.3, 0.4) is 0 Å². The number of hydrogen-bond acceptors (Lipinski definition) is 5. The third kappa shape index (κ3) is 2.31. The van der Waals surface area contributed by atoms with Gasteiger partial charge in [-0.1, -0.05) is 19.1 Å². The lowest BCUT2D eigenvalue weighted by molar-refractivity contribution is 0.833. The Morgan fingerprint density at radius 2 is 2.11 bits per heavy atom. The maximum atomic E-state index is 4.61. The van der Waals surface area contributed by atoms with Gasteiger partial charge in [-0.15, -0.1) is 0 Å². The summed E-state index contributed by atoms with van der Waals surface area (Å²) in [6, 6.07) is 8.13. The Morgan fingerprint density at radius 3 is 2.84 bits per heavy atom. The van der Waals surface area contributed by atoms with Crippen LogP contribution in [-0.2, 0) is 20.0 Å². The average Bonchev–Trinajstić information content (AvgIpc) is 3.02. The van der Waals surface area contributed by atoms with E-state index in [9.17, 15) is 0 Å². The predicted octanol–water partition coefficient (Wildman–Crippen LogP) is 2.60. The summed E-state index contributed by atoms with van der Waals surface area (Å²) in [5.41, 5.74) is 2.17. The number of fused-ring (bicyclic) bond motifs is 1. The Kier molecular flexibility index (Phi) is 3.16. The van der Waals surface area contributed by atoms with E-state index in [-0.39, 0.29) is 0 Å². The van der Waals surface area contributed by atoms with E-state index >= 15 is 0 Å². The quantitative estimate of drug-likeness (QED) is 0.794. The smallest absolute Gasteiger partial charge is 0.202 e. The molecule has 0 amide bonds. The number of aromatic nitrogens is 4. The van der Waals surface area contributed by atoms with Crippen LogP contribution in [-0.4, -0.2) is 18.9 Å². The highest BCUT2D eigenvalue weighted by molar-refractivity contribution is 7.09. The number of nitrogens with zero attached hydrogens (tertiary/aromatic N) is 4. The molecule has 1 aromatic carbocycles. The minimum absolute atomic E-state index is 0.656. The number of nitrogens with one attached hydrogen (secondary N) is 1. The lowest BCUT2D eigenvalue weighted by Gasteiger charge is -2.02. The highest BCUT2D eigenvalue weighted by Crippen LogP contribution is 2.16. The molecule has 6 heteroatoms. The van der Waals surface area contributed by atoms with Gasteiger partial charge in [0.15, 0.2) is 0 Å². The molecule has 2 aromatic heterocycles. The van der Waals surface area contributed by atoms with Crippen LogP contribution in [0.25, 0.3) is 11.0 Å². The number of anilines is 1. The molecule has 0 radical (unpaired) electrons. The molecule has 0 fully saturated rings. The van der Waals surface area contributed by atoms with E-state index < -0.39 is 0 Å². The number of aryl methyl sites for hydroxylation is 2. The van der Waals surface area contributed by atoms with Crippen LogP contribution in [0, 0.1) is 0 Å². The van der Waals surface area contributed by atoms with Gasteiger partial charge in [0.25, 0.3) is 0 Å². The van der Waals surface area contributed by atoms with Gasteiger partial charge in [-0.2, -0.15) is 4.37 Å². The summed E-state index contributed by atoms with van der Waals surface area (Å²) in [5.74, 6) is 1.88. The molecule has 0 aliphatic rings. The summed E-state index contributed by atoms with van der Waals surface area (Å²) >= 11 is 1.40. The van der Waals surface area contributed by atoms with Crippen molar-refractivity contribution >= 4 is 27.7 Å². The minimum atomic E-state index is 0.656. The topological polar surface area (TPSA) is 55.6 Å². The van der Waals surface area contributed by atoms with Crippen molar-refractivity contribution in [3.63, 3.8) is 0 Å². The van der Waals surface area contributed by atoms with Crippen LogP contribution < -0.4 is 5.32 Å². The van der Waals surface area contributed by atoms with Crippen LogP contribution in [0.4, 0.5) is 5.13 Å². The molecule has 0 saturated carbocycles. The molecular formula is C13H15N5S. The second kappa shape index (κ2) is 4.97. The number of hydrogen-bond donors (Lipinski definition) is 1. The summed E-state index contributed by atoms with van der Waals surface area (Å²) in [6.45, 7) is 2.71. The number of para-hydroxylation sites is 2. The van der Waals surface area contributed by atoms with Crippen molar-refractivity contribution in [2.75, 3.05) is 5.32 Å². The molecule has 5 nitrogen and oxygen atoms in total. The van der Waals surface area contributed by atoms with Crippen LogP contribution >= 0.6 is 11.5 Å². The van der Waals surface area contributed by atoms with Crippen LogP contribution in [0.5, 0.6) is 0 Å². The van der Waals surface area contributed by atoms with Gasteiger partial charge in [0.1, 0.15) is 11.6 Å². The largest absolute Gasteiger partial charge is 0.353 e. The van der Waals surface area contributed by atoms with Gasteiger partial charge in [-0.3, -0.25) is 0 Å². The molecule has 2 heterocycles. The summed E-state index contributed by atoms with van der Waals surface area (Å²) in [4.78, 5) is 9.00. The van der Waals surface area contributed by atoms with E-state index in [2.05, 4.69) is 37.2 Å². The first kappa shape index (κ1) is 12.1. The Labute approximate surface area is 115 Å². The van der Waals surface area contributed by atoms with Gasteiger partial charge < -0.3 is 9.88 Å². The standard InChI is InChI=1S/C13H15N5S/c1-3-11-16-13(19-17-11)14-8-12-15-9-6-4-5-7-10(9)18(12)2/h4-7H,3,8H2,1-2H3,(H,14,16,17). The second-order valence-corrected chi connectivity index (χ2v) is 5.05. The van der Waals surface area contributed by atoms with Crippen molar-refractivity contribution in [2.45, 2.75) is 19.9 Å². The lowest BCUT2D eigenvalue weighted by atomic mass is 10.3. The van der Waals surface area contributed by atoms with E-state index in [1.54, 1.807) is 0 Å². The van der Waals surface area contributed by atoms with Gasteiger partial charge >= 0.3 is 0 Å². The van der Waals surface area contributed by atoms with Crippen LogP contribution in [0.2, 0.25) is 0 Å². The first-order valence-electron chi connectivity index (χ1n) is 6.24. The van der Waals surface area contributed by atoms with Crippen molar-refractivity contribution in [1.82, 2.24) is 18.9 Å². The monoisotopic (exact) mass is 273 g/mol. The zero-order valence-corrected chi connectivity index (χ0v) is 11.7. The molecule has 0 atom stereocenters. The maximum absolute atomic E-state index is 4.61. The van der Waals surface area contributed by atoms with Crippen molar-refractivity contribution in [2.24, 2.45) is 7.05 Å². The molecule has 3 aromatic rings. The molecule has 0 spiro atoms. The Bertz CT molecular complexity index is 700. The average molecular weight is 273 g/mol. The third-order valence-electron chi connectivity index (χ3n) is 3.06. The zero-order valence-electron chi connectivity index (χ0n) is 10.9. The summed E-state index contributed by atoms with van der Waals surface area (Å²) < 4.78 is 6.35. The van der Waals surface area contributed by atoms with E-state index in [0.29, 0.717) is 6.54 Å². The fourth-order valence-electron chi connectivity index (χ4n) is 1.98. The van der Waals surface area contributed by atoms with Gasteiger partial charge in [-0.05, 0) is 12.1 Å². The summed E-state index contributed by atoms with van der Waals surface area (Å²) in [6.07, 6.45) is 0.866. The number of benzene rings is 1. The summed E-state index contributed by atoms with van der Waals surface area (Å²) in [7, 11) is 2.03. The Balaban J connectivity index is 1.79. The predicted molar refractivity (Wildman–Crippen MR) is 77.3 cm³/mol. The van der Waals surface area contributed by atoms with Crippen LogP contribution in [0.15, 0.2) is 24.3 Å². The maximum Gasteiger partial charge on any atom is 0.202 e. The molecule has 0 unspecified atom stereocenters. The molecule has 3 rings (SSSR count). The van der Waals surface area contributed by atoms with Gasteiger partial charge in [-0.25, -0.2) is 9.97 Å². The van der Waals surface area contributed by atoms with Crippen molar-refractivity contribution in [3.05, 3.63) is 35.9 Å². The van der Waals surface area contributed by atoms with Gasteiger partial charge in [0.2, 0.25) is 5.13 Å². The minimum Gasteiger partial charge on any atom is -0.353 e. The highest BCUT2D eigenvalue weighted by atomic mass is 32.1. The molecule has 98 valence electrons. The van der Waals surface area contributed by atoms with Gasteiger partial charge in [0.05, 0.1) is 17.6 Å². The summed E-state index contributed by atoms with van der Waals surface area (Å²) in [5, 5.41) is 4.13.